The fourth-order valence-corrected chi connectivity index (χ4v) is 0.0481. The Hall–Kier alpha value is -1.11. The van der Waals surface area contributed by atoms with Crippen molar-refractivity contribution in [2.24, 2.45) is 0 Å². The molecule has 0 aromatic rings. The van der Waals surface area contributed by atoms with E-state index in [0.29, 0.717) is 11.9 Å². The molecule has 0 N–H and O–H groups in total. The van der Waals surface area contributed by atoms with Crippen molar-refractivity contribution < 1.29 is 4.79 Å². The van der Waals surface area contributed by atoms with Crippen molar-refractivity contribution in [1.29, 1.82) is 0 Å². The normalized spacial score (nSPS) is 5.00. The Balaban J connectivity index is -0.0000000493. The van der Waals surface area contributed by atoms with Crippen LogP contribution in [0.5, 0.6) is 0 Å². The predicted octanol–water partition coefficient (Wildman–Crippen LogP) is 4.17. The molecule has 1 heteroatoms. The topological polar surface area (TPSA) is 17.1 Å². The van der Waals surface area contributed by atoms with Gasteiger partial charge in [0.25, 0.3) is 0 Å². The number of carbonyl (C=O) groups excluding carboxylic acids is 1. The van der Waals surface area contributed by atoms with E-state index in [4.69, 9.17) is 0 Å². The standard InChI is InChI=1S/C5H6O.C3H6.2C2H6/c1-3-5(2)4-6;1-3-2;2*1-2/h3-4H,1-2H2;3H,1H2,2H3;2*1-2H3. The highest BCUT2D eigenvalue weighted by Gasteiger charge is 1.71. The molecule has 13 heavy (non-hydrogen) atoms. The Morgan fingerprint density at radius 2 is 1.31 bits per heavy atom. The van der Waals surface area contributed by atoms with Crippen LogP contribution in [0.1, 0.15) is 34.6 Å². The Kier molecular flexibility index (Phi) is 77.6. The van der Waals surface area contributed by atoms with E-state index in [1.807, 2.05) is 34.6 Å². The first-order chi connectivity index (χ1) is 6.22. The lowest BCUT2D eigenvalue weighted by Gasteiger charge is -1.71. The third kappa shape index (κ3) is 103. The maximum atomic E-state index is 9.57. The van der Waals surface area contributed by atoms with E-state index < -0.39 is 0 Å². The first-order valence-corrected chi connectivity index (χ1v) is 4.56. The molecule has 0 aliphatic rings. The quantitative estimate of drug-likeness (QED) is 0.272. The smallest absolute Gasteiger partial charge is 0.149 e. The molecular weight excluding hydrogens is 160 g/mol. The highest BCUT2D eigenvalue weighted by atomic mass is 16.1. The van der Waals surface area contributed by atoms with E-state index in [9.17, 15) is 4.79 Å². The Labute approximate surface area is 83.9 Å². The van der Waals surface area contributed by atoms with Crippen LogP contribution in [0, 0.1) is 0 Å². The van der Waals surface area contributed by atoms with Crippen molar-refractivity contribution >= 4 is 6.29 Å². The van der Waals surface area contributed by atoms with Gasteiger partial charge in [-0.2, -0.15) is 0 Å². The fraction of sp³-hybridized carbons (Fsp3) is 0.417. The molecule has 1 nitrogen and oxygen atoms in total. The van der Waals surface area contributed by atoms with Gasteiger partial charge < -0.3 is 0 Å². The minimum Gasteiger partial charge on any atom is -0.298 e. The third-order valence-electron chi connectivity index (χ3n) is 0.414. The summed E-state index contributed by atoms with van der Waals surface area (Å²) in [6.45, 7) is 19.9. The lowest BCUT2D eigenvalue weighted by molar-refractivity contribution is -0.104. The summed E-state index contributed by atoms with van der Waals surface area (Å²) in [4.78, 5) is 9.57. The van der Waals surface area contributed by atoms with Crippen molar-refractivity contribution in [1.82, 2.24) is 0 Å². The highest BCUT2D eigenvalue weighted by Crippen LogP contribution is 1.78. The molecule has 0 heterocycles. The largest absolute Gasteiger partial charge is 0.298 e. The van der Waals surface area contributed by atoms with Gasteiger partial charge in [0, 0.05) is 5.57 Å². The molecule has 0 aromatic heterocycles. The van der Waals surface area contributed by atoms with Gasteiger partial charge in [-0.15, -0.1) is 6.58 Å². The highest BCUT2D eigenvalue weighted by molar-refractivity contribution is 5.75. The number of rotatable bonds is 2. The summed E-state index contributed by atoms with van der Waals surface area (Å²) in [5.41, 5.74) is 0.426. The maximum absolute atomic E-state index is 9.57. The van der Waals surface area contributed by atoms with E-state index in [-0.39, 0.29) is 0 Å². The van der Waals surface area contributed by atoms with Crippen LogP contribution in [0.4, 0.5) is 0 Å². The molecule has 78 valence electrons. The van der Waals surface area contributed by atoms with Crippen LogP contribution in [0.25, 0.3) is 0 Å². The van der Waals surface area contributed by atoms with Crippen molar-refractivity contribution in [3.63, 3.8) is 0 Å². The van der Waals surface area contributed by atoms with Crippen LogP contribution in [-0.2, 0) is 4.79 Å². The molecule has 0 saturated heterocycles. The van der Waals surface area contributed by atoms with Gasteiger partial charge >= 0.3 is 0 Å². The molecule has 0 radical (unpaired) electrons. The van der Waals surface area contributed by atoms with Crippen LogP contribution in [-0.4, -0.2) is 6.29 Å². The number of carbonyl (C=O) groups is 1. The van der Waals surface area contributed by atoms with Crippen molar-refractivity contribution in [2.75, 3.05) is 0 Å². The monoisotopic (exact) mass is 184 g/mol. The van der Waals surface area contributed by atoms with Crippen molar-refractivity contribution in [3.8, 4) is 0 Å². The first kappa shape index (κ1) is 22.7. The van der Waals surface area contributed by atoms with E-state index in [1.165, 1.54) is 6.08 Å². The molecular formula is C12H24O. The van der Waals surface area contributed by atoms with Crippen LogP contribution >= 0.6 is 0 Å². The minimum atomic E-state index is 0.426. The van der Waals surface area contributed by atoms with Gasteiger partial charge in [0.05, 0.1) is 0 Å². The van der Waals surface area contributed by atoms with E-state index in [0.717, 1.165) is 0 Å². The number of hydrogen-bond acceptors (Lipinski definition) is 1. The fourth-order valence-electron chi connectivity index (χ4n) is 0.0481. The molecule has 0 bridgehead atoms. The van der Waals surface area contributed by atoms with Crippen molar-refractivity contribution in [2.45, 2.75) is 34.6 Å². The number of allylic oxidation sites excluding steroid dienone is 3. The number of aldehydes is 1. The van der Waals surface area contributed by atoms with Crippen LogP contribution in [0.2, 0.25) is 0 Å². The van der Waals surface area contributed by atoms with Crippen LogP contribution < -0.4 is 0 Å². The molecule has 0 aliphatic carbocycles. The molecule has 0 atom stereocenters. The summed E-state index contributed by atoms with van der Waals surface area (Å²) in [6.07, 6.45) is 3.82. The van der Waals surface area contributed by atoms with E-state index in [1.54, 1.807) is 6.08 Å². The van der Waals surface area contributed by atoms with E-state index in [2.05, 4.69) is 19.7 Å². The molecule has 0 unspecified atom stereocenters. The maximum Gasteiger partial charge on any atom is 0.149 e. The zero-order chi connectivity index (χ0) is 11.7. The summed E-state index contributed by atoms with van der Waals surface area (Å²) >= 11 is 0. The molecule has 0 aliphatic heterocycles. The SMILES string of the molecule is C=CC.C=CC(=C)C=O.CC.CC. The Morgan fingerprint density at radius 3 is 1.31 bits per heavy atom. The summed E-state index contributed by atoms with van der Waals surface area (Å²) in [6, 6.07) is 0. The molecule has 0 aromatic carbocycles. The zero-order valence-electron chi connectivity index (χ0n) is 9.76. The first-order valence-electron chi connectivity index (χ1n) is 4.56. The van der Waals surface area contributed by atoms with Crippen LogP contribution in [0.3, 0.4) is 0 Å². The second-order valence-electron chi connectivity index (χ2n) is 1.31. The van der Waals surface area contributed by atoms with Gasteiger partial charge in [-0.25, -0.2) is 0 Å². The lowest BCUT2D eigenvalue weighted by atomic mass is 10.3. The van der Waals surface area contributed by atoms with Gasteiger partial charge in [0.2, 0.25) is 0 Å². The molecule has 0 amide bonds. The van der Waals surface area contributed by atoms with Gasteiger partial charge in [0.1, 0.15) is 6.29 Å². The number of hydrogen-bond donors (Lipinski definition) is 0. The Bertz CT molecular complexity index is 102. The average Bonchev–Trinajstić information content (AvgIpc) is 2.24. The minimum absolute atomic E-state index is 0.426. The second kappa shape index (κ2) is 44.5. The predicted molar refractivity (Wildman–Crippen MR) is 64.0 cm³/mol. The van der Waals surface area contributed by atoms with Gasteiger partial charge in [-0.3, -0.25) is 4.79 Å². The Morgan fingerprint density at radius 1 is 1.08 bits per heavy atom. The zero-order valence-corrected chi connectivity index (χ0v) is 9.76. The average molecular weight is 184 g/mol. The summed E-state index contributed by atoms with van der Waals surface area (Å²) in [5.74, 6) is 0. The summed E-state index contributed by atoms with van der Waals surface area (Å²) in [5, 5.41) is 0. The van der Waals surface area contributed by atoms with Crippen LogP contribution in [0.15, 0.2) is 37.5 Å². The molecule has 0 fully saturated rings. The lowest BCUT2D eigenvalue weighted by Crippen LogP contribution is -1.68. The summed E-state index contributed by atoms with van der Waals surface area (Å²) in [7, 11) is 0. The van der Waals surface area contributed by atoms with Gasteiger partial charge in [0.15, 0.2) is 0 Å². The van der Waals surface area contributed by atoms with E-state index >= 15 is 0 Å². The molecule has 0 rings (SSSR count). The molecule has 0 spiro atoms. The molecule has 0 saturated carbocycles. The summed E-state index contributed by atoms with van der Waals surface area (Å²) < 4.78 is 0. The third-order valence-corrected chi connectivity index (χ3v) is 0.414. The van der Waals surface area contributed by atoms with Gasteiger partial charge in [-0.05, 0) is 6.92 Å². The van der Waals surface area contributed by atoms with Gasteiger partial charge in [-0.1, -0.05) is 53.0 Å². The second-order valence-corrected chi connectivity index (χ2v) is 1.31. The van der Waals surface area contributed by atoms with Crippen molar-refractivity contribution in [3.05, 3.63) is 37.5 Å².